The molecule has 9 nitrogen and oxygen atoms in total. The summed E-state index contributed by atoms with van der Waals surface area (Å²) in [5, 5.41) is 20.5. The maximum Gasteiger partial charge on any atom is 0.339 e. The summed E-state index contributed by atoms with van der Waals surface area (Å²) < 4.78 is 6.84. The molecule has 0 bridgehead atoms. The number of anilines is 1. The Morgan fingerprint density at radius 3 is 2.89 bits per heavy atom. The van der Waals surface area contributed by atoms with E-state index in [-0.39, 0.29) is 22.2 Å². The molecule has 0 amide bonds. The molecule has 0 saturated carbocycles. The minimum absolute atomic E-state index is 0.0107. The van der Waals surface area contributed by atoms with E-state index in [2.05, 4.69) is 19.5 Å². The van der Waals surface area contributed by atoms with Crippen LogP contribution in [-0.4, -0.2) is 45.9 Å². The lowest BCUT2D eigenvalue weighted by Crippen LogP contribution is -2.35. The van der Waals surface area contributed by atoms with E-state index in [4.69, 9.17) is 11.6 Å². The highest BCUT2D eigenvalue weighted by Crippen LogP contribution is 2.38. The van der Waals surface area contributed by atoms with Gasteiger partial charge in [0.15, 0.2) is 0 Å². The average Bonchev–Trinajstić information content (AvgIpc) is 3.30. The number of esters is 1. The number of aryl methyl sites for hydroxylation is 1. The van der Waals surface area contributed by atoms with Crippen LogP contribution in [0.15, 0.2) is 12.1 Å². The minimum atomic E-state index is -0.699. The van der Waals surface area contributed by atoms with Crippen molar-refractivity contribution < 1.29 is 14.5 Å². The molecule has 2 aliphatic rings. The Hall–Kier alpha value is -2.68. The Labute approximate surface area is 166 Å². The molecule has 0 spiro atoms. The van der Waals surface area contributed by atoms with Crippen LogP contribution in [0.4, 0.5) is 11.4 Å². The number of nitro groups is 1. The number of carbonyl (C=O) groups excluding carboxylic acids is 1. The third-order valence-electron chi connectivity index (χ3n) is 5.43. The van der Waals surface area contributed by atoms with E-state index < -0.39 is 10.9 Å². The summed E-state index contributed by atoms with van der Waals surface area (Å²) in [5.74, 6) is 1.42. The van der Waals surface area contributed by atoms with Crippen LogP contribution in [0.1, 0.15) is 47.2 Å². The Morgan fingerprint density at radius 1 is 1.32 bits per heavy atom. The monoisotopic (exact) mass is 405 g/mol. The van der Waals surface area contributed by atoms with E-state index in [1.165, 1.54) is 19.2 Å². The molecule has 28 heavy (non-hydrogen) atoms. The number of hydrogen-bond acceptors (Lipinski definition) is 7. The molecular formula is C18H20ClN5O4. The van der Waals surface area contributed by atoms with Crippen molar-refractivity contribution >= 4 is 28.9 Å². The lowest BCUT2D eigenvalue weighted by atomic mass is 9.96. The fraction of sp³-hybridized carbons (Fsp3) is 0.500. The zero-order valence-electron chi connectivity index (χ0n) is 15.4. The predicted molar refractivity (Wildman–Crippen MR) is 102 cm³/mol. The molecule has 1 saturated heterocycles. The maximum atomic E-state index is 11.9. The fourth-order valence-electron chi connectivity index (χ4n) is 4.10. The minimum Gasteiger partial charge on any atom is -0.465 e. The number of hydrogen-bond donors (Lipinski definition) is 0. The standard InChI is InChI=1S/C18H20ClN5O4/c1-28-18(25)12-8-15(24(26)27)14(9-13(12)19)22-6-2-4-11(10-22)17-21-20-16-5-3-7-23(16)17/h8-9,11H,2-7,10H2,1H3. The van der Waals surface area contributed by atoms with E-state index >= 15 is 0 Å². The van der Waals surface area contributed by atoms with Gasteiger partial charge in [-0.2, -0.15) is 0 Å². The molecule has 0 radical (unpaired) electrons. The SMILES string of the molecule is COC(=O)c1cc([N+](=O)[O-])c(N2CCCC(c3nnc4n3CCC4)C2)cc1Cl. The van der Waals surface area contributed by atoms with Crippen molar-refractivity contribution in [1.82, 2.24) is 14.8 Å². The molecule has 10 heteroatoms. The molecule has 4 rings (SSSR count). The number of carbonyl (C=O) groups is 1. The van der Waals surface area contributed by atoms with Crippen LogP contribution in [0.5, 0.6) is 0 Å². The predicted octanol–water partition coefficient (Wildman–Crippen LogP) is 2.96. The molecular weight excluding hydrogens is 386 g/mol. The largest absolute Gasteiger partial charge is 0.465 e. The number of nitrogens with zero attached hydrogens (tertiary/aromatic N) is 5. The van der Waals surface area contributed by atoms with E-state index in [0.29, 0.717) is 18.8 Å². The summed E-state index contributed by atoms with van der Waals surface area (Å²) in [7, 11) is 1.21. The van der Waals surface area contributed by atoms with Crippen molar-refractivity contribution in [2.75, 3.05) is 25.1 Å². The first kappa shape index (κ1) is 18.7. The quantitative estimate of drug-likeness (QED) is 0.437. The number of nitro benzene ring substituents is 1. The summed E-state index contributed by atoms with van der Waals surface area (Å²) in [6.07, 6.45) is 3.85. The van der Waals surface area contributed by atoms with E-state index in [0.717, 1.165) is 43.9 Å². The second-order valence-electron chi connectivity index (χ2n) is 7.08. The van der Waals surface area contributed by atoms with E-state index in [1.807, 2.05) is 4.90 Å². The van der Waals surface area contributed by atoms with Gasteiger partial charge in [-0.3, -0.25) is 10.1 Å². The number of fused-ring (bicyclic) bond motifs is 1. The molecule has 0 N–H and O–H groups in total. The Balaban J connectivity index is 1.67. The van der Waals surface area contributed by atoms with Gasteiger partial charge < -0.3 is 14.2 Å². The van der Waals surface area contributed by atoms with Crippen molar-refractivity contribution in [3.8, 4) is 0 Å². The summed E-state index contributed by atoms with van der Waals surface area (Å²) in [5.41, 5.74) is 0.244. The van der Waals surface area contributed by atoms with Crippen molar-refractivity contribution in [1.29, 1.82) is 0 Å². The van der Waals surface area contributed by atoms with Gasteiger partial charge in [-0.05, 0) is 25.3 Å². The maximum absolute atomic E-state index is 11.9. The molecule has 2 aliphatic heterocycles. The van der Waals surface area contributed by atoms with Gasteiger partial charge in [0.25, 0.3) is 5.69 Å². The van der Waals surface area contributed by atoms with Crippen molar-refractivity contribution in [2.24, 2.45) is 0 Å². The summed E-state index contributed by atoms with van der Waals surface area (Å²) >= 11 is 6.24. The smallest absolute Gasteiger partial charge is 0.339 e. The summed E-state index contributed by atoms with van der Waals surface area (Å²) in [6, 6.07) is 2.68. The number of rotatable bonds is 4. The highest BCUT2D eigenvalue weighted by molar-refractivity contribution is 6.34. The molecule has 1 atom stereocenters. The molecule has 3 heterocycles. The van der Waals surface area contributed by atoms with Gasteiger partial charge in [-0.15, -0.1) is 10.2 Å². The summed E-state index contributed by atoms with van der Waals surface area (Å²) in [4.78, 5) is 25.0. The first-order chi connectivity index (χ1) is 13.5. The zero-order chi connectivity index (χ0) is 19.8. The normalized spacial score (nSPS) is 18.8. The first-order valence-corrected chi connectivity index (χ1v) is 9.60. The van der Waals surface area contributed by atoms with Gasteiger partial charge in [0.2, 0.25) is 0 Å². The Kier molecular flexibility index (Phi) is 4.92. The van der Waals surface area contributed by atoms with Crippen LogP contribution in [-0.2, 0) is 17.7 Å². The lowest BCUT2D eigenvalue weighted by molar-refractivity contribution is -0.384. The number of aromatic nitrogens is 3. The van der Waals surface area contributed by atoms with Gasteiger partial charge in [-0.25, -0.2) is 4.79 Å². The third-order valence-corrected chi connectivity index (χ3v) is 5.74. The van der Waals surface area contributed by atoms with Gasteiger partial charge in [-0.1, -0.05) is 11.6 Å². The fourth-order valence-corrected chi connectivity index (χ4v) is 4.33. The van der Waals surface area contributed by atoms with Gasteiger partial charge in [0, 0.05) is 38.0 Å². The molecule has 0 aliphatic carbocycles. The molecule has 148 valence electrons. The molecule has 1 aromatic heterocycles. The van der Waals surface area contributed by atoms with E-state index in [1.54, 1.807) is 0 Å². The Bertz CT molecular complexity index is 944. The highest BCUT2D eigenvalue weighted by Gasteiger charge is 2.32. The average molecular weight is 406 g/mol. The van der Waals surface area contributed by atoms with Crippen molar-refractivity contribution in [3.05, 3.63) is 44.5 Å². The second-order valence-corrected chi connectivity index (χ2v) is 7.49. The van der Waals surface area contributed by atoms with Gasteiger partial charge in [0.1, 0.15) is 17.3 Å². The first-order valence-electron chi connectivity index (χ1n) is 9.22. The molecule has 1 fully saturated rings. The number of halogens is 1. The topological polar surface area (TPSA) is 103 Å². The lowest BCUT2D eigenvalue weighted by Gasteiger charge is -2.33. The molecule has 1 unspecified atom stereocenters. The van der Waals surface area contributed by atoms with E-state index in [9.17, 15) is 14.9 Å². The number of benzene rings is 1. The van der Waals surface area contributed by atoms with Crippen LogP contribution < -0.4 is 4.90 Å². The van der Waals surface area contributed by atoms with Crippen LogP contribution in [0.2, 0.25) is 5.02 Å². The zero-order valence-corrected chi connectivity index (χ0v) is 16.2. The van der Waals surface area contributed by atoms with Crippen molar-refractivity contribution in [2.45, 2.75) is 38.1 Å². The molecule has 2 aromatic rings. The summed E-state index contributed by atoms with van der Waals surface area (Å²) in [6.45, 7) is 2.19. The van der Waals surface area contributed by atoms with Crippen LogP contribution in [0.25, 0.3) is 0 Å². The third kappa shape index (κ3) is 3.19. The number of ether oxygens (including phenoxy) is 1. The van der Waals surface area contributed by atoms with Crippen LogP contribution in [0, 0.1) is 10.1 Å². The number of piperidine rings is 1. The van der Waals surface area contributed by atoms with Crippen LogP contribution in [0.3, 0.4) is 0 Å². The van der Waals surface area contributed by atoms with Gasteiger partial charge >= 0.3 is 5.97 Å². The van der Waals surface area contributed by atoms with Gasteiger partial charge in [0.05, 0.1) is 22.6 Å². The number of methoxy groups -OCH3 is 1. The Morgan fingerprint density at radius 2 is 2.14 bits per heavy atom. The van der Waals surface area contributed by atoms with Crippen LogP contribution >= 0.6 is 11.6 Å². The second kappa shape index (κ2) is 7.38. The highest BCUT2D eigenvalue weighted by atomic mass is 35.5. The van der Waals surface area contributed by atoms with Crippen molar-refractivity contribution in [3.63, 3.8) is 0 Å². The molecule has 1 aromatic carbocycles.